The van der Waals surface area contributed by atoms with E-state index < -0.39 is 5.25 Å². The molecule has 2 fully saturated rings. The lowest BCUT2D eigenvalue weighted by Gasteiger charge is -2.26. The molecule has 0 aromatic carbocycles. The van der Waals surface area contributed by atoms with E-state index in [0.717, 1.165) is 25.7 Å². The minimum Gasteiger partial charge on any atom is -0.466 e. The fourth-order valence-electron chi connectivity index (χ4n) is 3.67. The molecule has 0 bridgehead atoms. The Labute approximate surface area is 168 Å². The first-order chi connectivity index (χ1) is 13.5. The van der Waals surface area contributed by atoms with Gasteiger partial charge in [0.25, 0.3) is 0 Å². The van der Waals surface area contributed by atoms with Crippen molar-refractivity contribution in [3.05, 3.63) is 5.82 Å². The fourth-order valence-corrected chi connectivity index (χ4v) is 4.67. The van der Waals surface area contributed by atoms with Gasteiger partial charge in [0.1, 0.15) is 12.2 Å². The molecule has 2 aliphatic rings. The number of rotatable bonds is 7. The van der Waals surface area contributed by atoms with Crippen LogP contribution in [0.15, 0.2) is 5.16 Å². The van der Waals surface area contributed by atoms with Crippen LogP contribution in [-0.4, -0.2) is 62.5 Å². The van der Waals surface area contributed by atoms with E-state index in [9.17, 15) is 14.4 Å². The highest BCUT2D eigenvalue weighted by Crippen LogP contribution is 2.34. The Hall–Kier alpha value is -2.10. The summed E-state index contributed by atoms with van der Waals surface area (Å²) in [5, 5.41) is 11.3. The van der Waals surface area contributed by atoms with Crippen molar-refractivity contribution >= 4 is 29.7 Å². The maximum absolute atomic E-state index is 12.6. The zero-order chi connectivity index (χ0) is 20.1. The van der Waals surface area contributed by atoms with E-state index in [1.54, 1.807) is 13.8 Å². The van der Waals surface area contributed by atoms with Crippen molar-refractivity contribution in [1.29, 1.82) is 0 Å². The van der Waals surface area contributed by atoms with E-state index in [-0.39, 0.29) is 30.4 Å². The van der Waals surface area contributed by atoms with E-state index in [1.165, 1.54) is 23.1 Å². The number of hydrogen-bond donors (Lipinski definition) is 1. The summed E-state index contributed by atoms with van der Waals surface area (Å²) in [6.07, 6.45) is 5.50. The summed E-state index contributed by atoms with van der Waals surface area (Å²) in [5.41, 5.74) is 0. The van der Waals surface area contributed by atoms with Gasteiger partial charge in [-0.3, -0.25) is 14.5 Å². The number of carbonyl (C=O) groups is 3. The summed E-state index contributed by atoms with van der Waals surface area (Å²) in [4.78, 5) is 37.6. The number of amides is 3. The maximum atomic E-state index is 12.6. The molecule has 1 saturated carbocycles. The Morgan fingerprint density at radius 1 is 1.29 bits per heavy atom. The lowest BCUT2D eigenvalue weighted by molar-refractivity contribution is -0.142. The number of carbonyl (C=O) groups excluding carboxylic acids is 3. The van der Waals surface area contributed by atoms with Crippen LogP contribution in [0, 0.1) is 0 Å². The van der Waals surface area contributed by atoms with E-state index in [0.29, 0.717) is 30.7 Å². The molecule has 2 heterocycles. The Bertz CT molecular complexity index is 732. The number of ether oxygens (including phenoxy) is 1. The number of hydrogen-bond acceptors (Lipinski definition) is 7. The lowest BCUT2D eigenvalue weighted by atomic mass is 9.95. The van der Waals surface area contributed by atoms with Gasteiger partial charge in [-0.25, -0.2) is 4.79 Å². The second kappa shape index (κ2) is 9.40. The van der Waals surface area contributed by atoms with Gasteiger partial charge < -0.3 is 14.6 Å². The van der Waals surface area contributed by atoms with Crippen LogP contribution in [-0.2, 0) is 20.7 Å². The van der Waals surface area contributed by atoms with Crippen LogP contribution in [0.25, 0.3) is 0 Å². The third kappa shape index (κ3) is 4.65. The number of nitrogens with one attached hydrogen (secondary N) is 1. The summed E-state index contributed by atoms with van der Waals surface area (Å²) in [6.45, 7) is 4.72. The summed E-state index contributed by atoms with van der Waals surface area (Å²) < 4.78 is 7.07. The summed E-state index contributed by atoms with van der Waals surface area (Å²) >= 11 is 1.29. The van der Waals surface area contributed by atoms with Crippen LogP contribution in [0.1, 0.15) is 57.8 Å². The highest BCUT2D eigenvalue weighted by Gasteiger charge is 2.32. The molecule has 1 aromatic rings. The van der Waals surface area contributed by atoms with Crippen LogP contribution in [0.3, 0.4) is 0 Å². The third-order valence-electron chi connectivity index (χ3n) is 5.04. The van der Waals surface area contributed by atoms with E-state index in [4.69, 9.17) is 4.74 Å². The predicted molar refractivity (Wildman–Crippen MR) is 103 cm³/mol. The van der Waals surface area contributed by atoms with Crippen LogP contribution >= 0.6 is 11.8 Å². The van der Waals surface area contributed by atoms with Gasteiger partial charge in [0.15, 0.2) is 5.16 Å². The zero-order valence-corrected chi connectivity index (χ0v) is 17.2. The fraction of sp³-hybridized carbons (Fsp3) is 0.722. The SMILES string of the molecule is CCOC(=O)Cc1nnc(S[C@H](C)C(=O)N2CCNC2=O)n1C1CCCCC1. The van der Waals surface area contributed by atoms with Crippen LogP contribution in [0.4, 0.5) is 4.79 Å². The van der Waals surface area contributed by atoms with Crippen molar-refractivity contribution in [3.8, 4) is 0 Å². The van der Waals surface area contributed by atoms with Gasteiger partial charge in [-0.1, -0.05) is 31.0 Å². The molecule has 28 heavy (non-hydrogen) atoms. The van der Waals surface area contributed by atoms with Crippen molar-refractivity contribution in [3.63, 3.8) is 0 Å². The van der Waals surface area contributed by atoms with Gasteiger partial charge in [0.2, 0.25) is 5.91 Å². The second-order valence-corrected chi connectivity index (χ2v) is 8.33. The standard InChI is InChI=1S/C18H27N5O4S/c1-3-27-15(24)11-14-20-21-18(23(14)13-7-5-4-6-8-13)28-12(2)16(25)22-10-9-19-17(22)26/h12-13H,3-11H2,1-2H3,(H,19,26)/t12-/m1/s1. The Morgan fingerprint density at radius 2 is 2.04 bits per heavy atom. The van der Waals surface area contributed by atoms with Gasteiger partial charge in [-0.05, 0) is 26.7 Å². The molecule has 3 rings (SSSR count). The number of imide groups is 1. The molecule has 1 aliphatic heterocycles. The molecule has 1 atom stereocenters. The van der Waals surface area contributed by atoms with E-state index in [1.807, 2.05) is 4.57 Å². The first-order valence-electron chi connectivity index (χ1n) is 9.86. The van der Waals surface area contributed by atoms with Crippen molar-refractivity contribution in [1.82, 2.24) is 25.0 Å². The molecular weight excluding hydrogens is 382 g/mol. The van der Waals surface area contributed by atoms with Gasteiger partial charge in [0.05, 0.1) is 11.9 Å². The first-order valence-corrected chi connectivity index (χ1v) is 10.7. The summed E-state index contributed by atoms with van der Waals surface area (Å²) in [7, 11) is 0. The second-order valence-electron chi connectivity index (χ2n) is 7.02. The summed E-state index contributed by atoms with van der Waals surface area (Å²) in [6, 6.07) is -0.137. The number of thioether (sulfide) groups is 1. The number of esters is 1. The molecule has 1 aliphatic carbocycles. The van der Waals surface area contributed by atoms with Gasteiger partial charge in [-0.2, -0.15) is 0 Å². The average molecular weight is 410 g/mol. The highest BCUT2D eigenvalue weighted by molar-refractivity contribution is 8.00. The van der Waals surface area contributed by atoms with Crippen molar-refractivity contribution in [2.45, 2.75) is 68.8 Å². The van der Waals surface area contributed by atoms with Gasteiger partial charge in [0, 0.05) is 19.1 Å². The van der Waals surface area contributed by atoms with E-state index in [2.05, 4.69) is 15.5 Å². The molecule has 0 radical (unpaired) electrons. The maximum Gasteiger partial charge on any atom is 0.324 e. The normalized spacial score (nSPS) is 18.8. The van der Waals surface area contributed by atoms with Crippen LogP contribution < -0.4 is 5.32 Å². The summed E-state index contributed by atoms with van der Waals surface area (Å²) in [5.74, 6) is -0.00192. The largest absolute Gasteiger partial charge is 0.466 e. The van der Waals surface area contributed by atoms with Crippen LogP contribution in [0.2, 0.25) is 0 Å². The van der Waals surface area contributed by atoms with Crippen molar-refractivity contribution in [2.24, 2.45) is 0 Å². The minimum atomic E-state index is -0.481. The predicted octanol–water partition coefficient (Wildman–Crippen LogP) is 1.92. The molecule has 10 heteroatoms. The van der Waals surface area contributed by atoms with Crippen molar-refractivity contribution in [2.75, 3.05) is 19.7 Å². The van der Waals surface area contributed by atoms with E-state index >= 15 is 0 Å². The van der Waals surface area contributed by atoms with Gasteiger partial charge >= 0.3 is 12.0 Å². The zero-order valence-electron chi connectivity index (χ0n) is 16.3. The Balaban J connectivity index is 1.78. The smallest absolute Gasteiger partial charge is 0.324 e. The molecule has 1 saturated heterocycles. The van der Waals surface area contributed by atoms with Crippen molar-refractivity contribution < 1.29 is 19.1 Å². The molecular formula is C18H27N5O4S. The Kier molecular flexibility index (Phi) is 6.93. The monoisotopic (exact) mass is 409 g/mol. The minimum absolute atomic E-state index is 0.0642. The topological polar surface area (TPSA) is 106 Å². The molecule has 0 spiro atoms. The molecule has 1 N–H and O–H groups in total. The number of aromatic nitrogens is 3. The average Bonchev–Trinajstić information content (AvgIpc) is 3.28. The highest BCUT2D eigenvalue weighted by atomic mass is 32.2. The molecule has 0 unspecified atom stereocenters. The quantitative estimate of drug-likeness (QED) is 0.542. The first kappa shape index (κ1) is 20.6. The molecule has 154 valence electrons. The van der Waals surface area contributed by atoms with Crippen LogP contribution in [0.5, 0.6) is 0 Å². The molecule has 3 amide bonds. The molecule has 9 nitrogen and oxygen atoms in total. The lowest BCUT2D eigenvalue weighted by Crippen LogP contribution is -2.39. The third-order valence-corrected chi connectivity index (χ3v) is 6.08. The Morgan fingerprint density at radius 3 is 2.68 bits per heavy atom. The van der Waals surface area contributed by atoms with Gasteiger partial charge in [-0.15, -0.1) is 10.2 Å². The number of urea groups is 1. The number of nitrogens with zero attached hydrogens (tertiary/aromatic N) is 4. The molecule has 1 aromatic heterocycles.